The van der Waals surface area contributed by atoms with Crippen LogP contribution in [0.15, 0.2) is 66.7 Å². The Morgan fingerprint density at radius 3 is 1.70 bits per heavy atom. The number of nitrogens with zero attached hydrogens (tertiary/aromatic N) is 1. The fourth-order valence-electron chi connectivity index (χ4n) is 3.40. The van der Waals surface area contributed by atoms with Gasteiger partial charge in [-0.3, -0.25) is 0 Å². The summed E-state index contributed by atoms with van der Waals surface area (Å²) in [5, 5.41) is 0. The minimum absolute atomic E-state index is 0.405. The minimum Gasteiger partial charge on any atom is -0.342 e. The monoisotopic (exact) mass is 354 g/mol. The Kier molecular flexibility index (Phi) is 4.57. The summed E-state index contributed by atoms with van der Waals surface area (Å²) in [7, 11) is 0. The van der Waals surface area contributed by atoms with Crippen molar-refractivity contribution in [3.05, 3.63) is 78.1 Å². The van der Waals surface area contributed by atoms with E-state index in [1.807, 2.05) is 0 Å². The predicted octanol–water partition coefficient (Wildman–Crippen LogP) is 7.14. The molecule has 1 aromatic heterocycles. The molecule has 4 rings (SSSR count). The molecule has 0 amide bonds. The first-order valence-corrected chi connectivity index (χ1v) is 9.71. The first-order chi connectivity index (χ1) is 13.0. The zero-order chi connectivity index (χ0) is 19.0. The number of imidazole rings is 1. The van der Waals surface area contributed by atoms with Crippen LogP contribution in [0.2, 0.25) is 0 Å². The topological polar surface area (TPSA) is 28.7 Å². The van der Waals surface area contributed by atoms with Crippen LogP contribution in [0.5, 0.6) is 0 Å². The summed E-state index contributed by atoms with van der Waals surface area (Å²) < 4.78 is 0. The van der Waals surface area contributed by atoms with E-state index < -0.39 is 0 Å². The molecule has 136 valence electrons. The number of H-pyrrole nitrogens is 1. The molecule has 0 fully saturated rings. The van der Waals surface area contributed by atoms with Gasteiger partial charge in [0, 0.05) is 5.92 Å². The molecule has 3 aromatic carbocycles. The first kappa shape index (κ1) is 17.5. The van der Waals surface area contributed by atoms with Gasteiger partial charge in [0.1, 0.15) is 5.82 Å². The van der Waals surface area contributed by atoms with Gasteiger partial charge in [-0.1, -0.05) is 82.3 Å². The fraction of sp³-hybridized carbons (Fsp3) is 0.240. The Labute approximate surface area is 161 Å². The summed E-state index contributed by atoms with van der Waals surface area (Å²) in [6.07, 6.45) is 0. The van der Waals surface area contributed by atoms with E-state index in [1.165, 1.54) is 27.8 Å². The molecule has 27 heavy (non-hydrogen) atoms. The van der Waals surface area contributed by atoms with Gasteiger partial charge in [-0.05, 0) is 45.9 Å². The first-order valence-electron chi connectivity index (χ1n) is 9.71. The number of fused-ring (bicyclic) bond motifs is 1. The molecule has 0 unspecified atom stereocenters. The molecule has 0 saturated carbocycles. The van der Waals surface area contributed by atoms with Gasteiger partial charge >= 0.3 is 0 Å². The zero-order valence-electron chi connectivity index (χ0n) is 16.5. The molecule has 1 N–H and O–H groups in total. The molecular weight excluding hydrogens is 328 g/mol. The molecule has 2 nitrogen and oxygen atoms in total. The van der Waals surface area contributed by atoms with Crippen LogP contribution in [-0.2, 0) is 0 Å². The van der Waals surface area contributed by atoms with Gasteiger partial charge in [-0.2, -0.15) is 0 Å². The van der Waals surface area contributed by atoms with Gasteiger partial charge in [0.2, 0.25) is 0 Å². The molecule has 0 radical (unpaired) electrons. The maximum absolute atomic E-state index is 4.66. The summed E-state index contributed by atoms with van der Waals surface area (Å²) >= 11 is 0. The van der Waals surface area contributed by atoms with E-state index in [1.54, 1.807) is 0 Å². The average molecular weight is 354 g/mol. The van der Waals surface area contributed by atoms with Gasteiger partial charge in [0.15, 0.2) is 0 Å². The maximum Gasteiger partial charge on any atom is 0.109 e. The second kappa shape index (κ2) is 7.03. The molecule has 0 saturated heterocycles. The predicted molar refractivity (Wildman–Crippen MR) is 115 cm³/mol. The number of rotatable bonds is 4. The molecule has 0 aliphatic heterocycles. The second-order valence-corrected chi connectivity index (χ2v) is 7.86. The van der Waals surface area contributed by atoms with Crippen molar-refractivity contribution >= 4 is 11.0 Å². The second-order valence-electron chi connectivity index (χ2n) is 7.86. The number of nitrogens with one attached hydrogen (secondary N) is 1. The van der Waals surface area contributed by atoms with Gasteiger partial charge in [0.25, 0.3) is 0 Å². The highest BCUT2D eigenvalue weighted by atomic mass is 14.9. The third-order valence-corrected chi connectivity index (χ3v) is 5.18. The van der Waals surface area contributed by atoms with Gasteiger partial charge in [-0.25, -0.2) is 4.98 Å². The lowest BCUT2D eigenvalue weighted by molar-refractivity contribution is 0.799. The van der Waals surface area contributed by atoms with Crippen LogP contribution in [0.3, 0.4) is 0 Å². The van der Waals surface area contributed by atoms with Crippen molar-refractivity contribution in [2.24, 2.45) is 0 Å². The Morgan fingerprint density at radius 2 is 1.15 bits per heavy atom. The Hall–Kier alpha value is -2.87. The Morgan fingerprint density at radius 1 is 0.630 bits per heavy atom. The van der Waals surface area contributed by atoms with Crippen molar-refractivity contribution in [1.29, 1.82) is 0 Å². The normalized spacial score (nSPS) is 11.6. The van der Waals surface area contributed by atoms with Crippen molar-refractivity contribution in [2.45, 2.75) is 39.5 Å². The highest BCUT2D eigenvalue weighted by molar-refractivity contribution is 5.82. The number of hydrogen-bond donors (Lipinski definition) is 1. The fourth-order valence-corrected chi connectivity index (χ4v) is 3.40. The SMILES string of the molecule is CC(C)c1ccc(-c2ccc(-c3ccc4nc(C(C)C)[nH]c4c3)cc2)cc1. The van der Waals surface area contributed by atoms with E-state index >= 15 is 0 Å². The standard InChI is InChI=1S/C25H26N2/c1-16(2)18-5-7-19(8-6-18)20-9-11-21(12-10-20)22-13-14-23-24(15-22)27-25(26-23)17(3)4/h5-17H,1-4H3,(H,26,27). The number of benzene rings is 3. The zero-order valence-corrected chi connectivity index (χ0v) is 16.5. The molecular formula is C25H26N2. The summed E-state index contributed by atoms with van der Waals surface area (Å²) in [6, 6.07) is 24.2. The van der Waals surface area contributed by atoms with E-state index in [0.29, 0.717) is 11.8 Å². The molecule has 0 aliphatic carbocycles. The number of aromatic nitrogens is 2. The largest absolute Gasteiger partial charge is 0.342 e. The molecule has 2 heteroatoms. The van der Waals surface area contributed by atoms with Crippen molar-refractivity contribution in [2.75, 3.05) is 0 Å². The smallest absolute Gasteiger partial charge is 0.109 e. The molecule has 0 aliphatic rings. The molecule has 0 bridgehead atoms. The van der Waals surface area contributed by atoms with Crippen LogP contribution >= 0.6 is 0 Å². The third kappa shape index (κ3) is 3.52. The van der Waals surface area contributed by atoms with E-state index in [0.717, 1.165) is 16.9 Å². The summed E-state index contributed by atoms with van der Waals surface area (Å²) in [5.41, 5.74) is 8.46. The number of hydrogen-bond acceptors (Lipinski definition) is 1. The minimum atomic E-state index is 0.405. The van der Waals surface area contributed by atoms with Crippen molar-refractivity contribution in [3.8, 4) is 22.3 Å². The Bertz CT molecular complexity index is 1050. The maximum atomic E-state index is 4.66. The number of aromatic amines is 1. The lowest BCUT2D eigenvalue weighted by Gasteiger charge is -2.08. The van der Waals surface area contributed by atoms with E-state index in [4.69, 9.17) is 0 Å². The van der Waals surface area contributed by atoms with Crippen molar-refractivity contribution in [1.82, 2.24) is 9.97 Å². The van der Waals surface area contributed by atoms with Crippen LogP contribution in [0, 0.1) is 0 Å². The van der Waals surface area contributed by atoms with Crippen molar-refractivity contribution in [3.63, 3.8) is 0 Å². The van der Waals surface area contributed by atoms with Crippen LogP contribution in [0.25, 0.3) is 33.3 Å². The molecule has 0 atom stereocenters. The third-order valence-electron chi connectivity index (χ3n) is 5.18. The van der Waals surface area contributed by atoms with E-state index in [2.05, 4.69) is 104 Å². The van der Waals surface area contributed by atoms with Crippen LogP contribution in [-0.4, -0.2) is 9.97 Å². The van der Waals surface area contributed by atoms with Gasteiger partial charge in [-0.15, -0.1) is 0 Å². The van der Waals surface area contributed by atoms with Crippen molar-refractivity contribution < 1.29 is 0 Å². The van der Waals surface area contributed by atoms with Crippen LogP contribution in [0.4, 0.5) is 0 Å². The summed E-state index contributed by atoms with van der Waals surface area (Å²) in [6.45, 7) is 8.77. The summed E-state index contributed by atoms with van der Waals surface area (Å²) in [4.78, 5) is 8.11. The average Bonchev–Trinajstić information content (AvgIpc) is 3.12. The lowest BCUT2D eigenvalue weighted by Crippen LogP contribution is -1.88. The lowest BCUT2D eigenvalue weighted by atomic mass is 9.97. The molecule has 1 heterocycles. The molecule has 0 spiro atoms. The van der Waals surface area contributed by atoms with E-state index in [-0.39, 0.29) is 0 Å². The highest BCUT2D eigenvalue weighted by Crippen LogP contribution is 2.28. The van der Waals surface area contributed by atoms with Crippen LogP contribution < -0.4 is 0 Å². The van der Waals surface area contributed by atoms with E-state index in [9.17, 15) is 0 Å². The summed E-state index contributed by atoms with van der Waals surface area (Å²) in [5.74, 6) is 2.01. The van der Waals surface area contributed by atoms with Gasteiger partial charge in [0.05, 0.1) is 11.0 Å². The Balaban J connectivity index is 1.62. The highest BCUT2D eigenvalue weighted by Gasteiger charge is 2.08. The quantitative estimate of drug-likeness (QED) is 0.414. The van der Waals surface area contributed by atoms with Crippen LogP contribution in [0.1, 0.15) is 50.9 Å². The molecule has 4 aromatic rings. The van der Waals surface area contributed by atoms with Gasteiger partial charge < -0.3 is 4.98 Å².